The van der Waals surface area contributed by atoms with Gasteiger partial charge in [-0.25, -0.2) is 12.7 Å². The van der Waals surface area contributed by atoms with Gasteiger partial charge in [0.25, 0.3) is 0 Å². The van der Waals surface area contributed by atoms with Crippen LogP contribution >= 0.6 is 0 Å². The summed E-state index contributed by atoms with van der Waals surface area (Å²) in [6.45, 7) is 1.79. The molecule has 1 aromatic heterocycles. The molecule has 0 aromatic carbocycles. The number of hydrogen-bond acceptors (Lipinski definition) is 6. The maximum absolute atomic E-state index is 11.8. The summed E-state index contributed by atoms with van der Waals surface area (Å²) in [7, 11) is -0.779. The van der Waals surface area contributed by atoms with Gasteiger partial charge < -0.3 is 4.74 Å². The number of carbonyl (C=O) groups excluding carboxylic acids is 1. The third-order valence-electron chi connectivity index (χ3n) is 2.48. The summed E-state index contributed by atoms with van der Waals surface area (Å²) in [6, 6.07) is 4.43. The standard InChI is InChI=1S/C12H15N3O4S/c1-4-19-12(16)10(7-13)11-6-5-9(8-14-11)20(17,18)15(2)3/h5-6,8,10H,4H2,1-3H3. The van der Waals surface area contributed by atoms with Crippen LogP contribution in [0, 0.1) is 11.3 Å². The lowest BCUT2D eigenvalue weighted by Gasteiger charge is -2.12. The van der Waals surface area contributed by atoms with Crippen molar-refractivity contribution >= 4 is 16.0 Å². The van der Waals surface area contributed by atoms with Gasteiger partial charge in [-0.1, -0.05) is 0 Å². The van der Waals surface area contributed by atoms with Crippen molar-refractivity contribution in [1.82, 2.24) is 9.29 Å². The topological polar surface area (TPSA) is 100 Å². The molecule has 20 heavy (non-hydrogen) atoms. The van der Waals surface area contributed by atoms with Gasteiger partial charge in [-0.2, -0.15) is 5.26 Å². The molecule has 0 saturated heterocycles. The van der Waals surface area contributed by atoms with Gasteiger partial charge in [0.1, 0.15) is 4.90 Å². The summed E-state index contributed by atoms with van der Waals surface area (Å²) in [6.07, 6.45) is 1.12. The van der Waals surface area contributed by atoms with Crippen molar-refractivity contribution in [3.63, 3.8) is 0 Å². The molecule has 8 heteroatoms. The van der Waals surface area contributed by atoms with Crippen LogP contribution < -0.4 is 0 Å². The Labute approximate surface area is 117 Å². The molecule has 0 spiro atoms. The minimum absolute atomic E-state index is 0.00759. The van der Waals surface area contributed by atoms with Gasteiger partial charge in [0, 0.05) is 20.3 Å². The molecule has 0 bridgehead atoms. The second kappa shape index (κ2) is 6.45. The van der Waals surface area contributed by atoms with Crippen LogP contribution in [0.5, 0.6) is 0 Å². The summed E-state index contributed by atoms with van der Waals surface area (Å²) < 4.78 is 29.5. The summed E-state index contributed by atoms with van der Waals surface area (Å²) in [5.41, 5.74) is 0.156. The van der Waals surface area contributed by atoms with Crippen LogP contribution in [-0.4, -0.2) is 44.4 Å². The highest BCUT2D eigenvalue weighted by Gasteiger charge is 2.24. The van der Waals surface area contributed by atoms with Crippen LogP contribution in [0.2, 0.25) is 0 Å². The highest BCUT2D eigenvalue weighted by molar-refractivity contribution is 7.89. The normalized spacial score (nSPS) is 12.8. The quantitative estimate of drug-likeness (QED) is 0.734. The Morgan fingerprint density at radius 3 is 2.55 bits per heavy atom. The molecule has 0 fully saturated rings. The van der Waals surface area contributed by atoms with Gasteiger partial charge in [0.15, 0.2) is 5.92 Å². The fourth-order valence-corrected chi connectivity index (χ4v) is 2.24. The molecule has 0 aliphatic heterocycles. The molecular formula is C12H15N3O4S. The first-order chi connectivity index (χ1) is 9.34. The average Bonchev–Trinajstić information content (AvgIpc) is 2.40. The molecule has 1 rings (SSSR count). The lowest BCUT2D eigenvalue weighted by molar-refractivity contribution is -0.143. The number of pyridine rings is 1. The summed E-state index contributed by atoms with van der Waals surface area (Å²) in [4.78, 5) is 15.4. The molecule has 7 nitrogen and oxygen atoms in total. The Balaban J connectivity index is 3.08. The third-order valence-corrected chi connectivity index (χ3v) is 4.28. The lowest BCUT2D eigenvalue weighted by atomic mass is 10.1. The van der Waals surface area contributed by atoms with Gasteiger partial charge >= 0.3 is 5.97 Å². The van der Waals surface area contributed by atoms with Crippen molar-refractivity contribution in [1.29, 1.82) is 5.26 Å². The largest absolute Gasteiger partial charge is 0.465 e. The molecule has 0 aliphatic carbocycles. The summed E-state index contributed by atoms with van der Waals surface area (Å²) >= 11 is 0. The van der Waals surface area contributed by atoms with Crippen LogP contribution in [0.3, 0.4) is 0 Å². The predicted octanol–water partition coefficient (Wildman–Crippen LogP) is 0.502. The van der Waals surface area contributed by atoms with E-state index in [1.807, 2.05) is 0 Å². The molecule has 108 valence electrons. The van der Waals surface area contributed by atoms with E-state index in [1.165, 1.54) is 26.2 Å². The highest BCUT2D eigenvalue weighted by atomic mass is 32.2. The number of rotatable bonds is 5. The average molecular weight is 297 g/mol. The zero-order valence-electron chi connectivity index (χ0n) is 11.4. The molecule has 0 aliphatic rings. The number of aromatic nitrogens is 1. The minimum Gasteiger partial charge on any atom is -0.465 e. The van der Waals surface area contributed by atoms with Gasteiger partial charge in [0.05, 0.1) is 18.4 Å². The van der Waals surface area contributed by atoms with E-state index in [2.05, 4.69) is 4.98 Å². The molecule has 1 aromatic rings. The molecule has 1 unspecified atom stereocenters. The number of esters is 1. The van der Waals surface area contributed by atoms with Crippen LogP contribution in [-0.2, 0) is 19.6 Å². The summed E-state index contributed by atoms with van der Waals surface area (Å²) in [5.74, 6) is -1.86. The zero-order chi connectivity index (χ0) is 15.3. The van der Waals surface area contributed by atoms with Gasteiger partial charge in [-0.15, -0.1) is 0 Å². The number of ether oxygens (including phenoxy) is 1. The highest BCUT2D eigenvalue weighted by Crippen LogP contribution is 2.18. The SMILES string of the molecule is CCOC(=O)C(C#N)c1ccc(S(=O)(=O)N(C)C)cn1. The third kappa shape index (κ3) is 3.31. The predicted molar refractivity (Wildman–Crippen MR) is 70.1 cm³/mol. The van der Waals surface area contributed by atoms with Gasteiger partial charge in [0.2, 0.25) is 10.0 Å². The van der Waals surface area contributed by atoms with E-state index in [1.54, 1.807) is 13.0 Å². The van der Waals surface area contributed by atoms with Crippen LogP contribution in [0.15, 0.2) is 23.2 Å². The number of hydrogen-bond donors (Lipinski definition) is 0. The lowest BCUT2D eigenvalue weighted by Crippen LogP contribution is -2.22. The van der Waals surface area contributed by atoms with E-state index in [9.17, 15) is 13.2 Å². The first-order valence-corrected chi connectivity index (χ1v) is 7.23. The van der Waals surface area contributed by atoms with Crippen LogP contribution in [0.4, 0.5) is 0 Å². The Bertz CT molecular complexity index is 617. The first-order valence-electron chi connectivity index (χ1n) is 5.79. The molecular weight excluding hydrogens is 282 g/mol. The molecule has 0 saturated carbocycles. The molecule has 1 heterocycles. The zero-order valence-corrected chi connectivity index (χ0v) is 12.2. The Kier molecular flexibility index (Phi) is 5.19. The number of sulfonamides is 1. The summed E-state index contributed by atoms with van der Waals surface area (Å²) in [5, 5.41) is 8.98. The smallest absolute Gasteiger partial charge is 0.329 e. The van der Waals surface area contributed by atoms with E-state index in [0.717, 1.165) is 10.5 Å². The van der Waals surface area contributed by atoms with E-state index in [4.69, 9.17) is 10.00 Å². The van der Waals surface area contributed by atoms with Crippen molar-refractivity contribution < 1.29 is 17.9 Å². The fraction of sp³-hybridized carbons (Fsp3) is 0.417. The first kappa shape index (κ1) is 16.1. The fourth-order valence-electron chi connectivity index (χ4n) is 1.39. The molecule has 0 N–H and O–H groups in total. The Morgan fingerprint density at radius 2 is 2.15 bits per heavy atom. The van der Waals surface area contributed by atoms with E-state index in [0.29, 0.717) is 0 Å². The van der Waals surface area contributed by atoms with Crippen molar-refractivity contribution in [2.75, 3.05) is 20.7 Å². The van der Waals surface area contributed by atoms with E-state index in [-0.39, 0.29) is 17.2 Å². The van der Waals surface area contributed by atoms with Crippen molar-refractivity contribution in [3.8, 4) is 6.07 Å². The van der Waals surface area contributed by atoms with Crippen molar-refractivity contribution in [2.24, 2.45) is 0 Å². The van der Waals surface area contributed by atoms with E-state index >= 15 is 0 Å². The number of nitriles is 1. The van der Waals surface area contributed by atoms with Crippen molar-refractivity contribution in [2.45, 2.75) is 17.7 Å². The Morgan fingerprint density at radius 1 is 1.50 bits per heavy atom. The Hall–Kier alpha value is -1.98. The monoisotopic (exact) mass is 297 g/mol. The maximum Gasteiger partial charge on any atom is 0.329 e. The number of carbonyl (C=O) groups is 1. The second-order valence-corrected chi connectivity index (χ2v) is 6.17. The maximum atomic E-state index is 11.8. The number of nitrogens with zero attached hydrogens (tertiary/aromatic N) is 3. The van der Waals surface area contributed by atoms with E-state index < -0.39 is 21.9 Å². The van der Waals surface area contributed by atoms with Gasteiger partial charge in [-0.3, -0.25) is 9.78 Å². The second-order valence-electron chi connectivity index (χ2n) is 4.02. The molecule has 0 radical (unpaired) electrons. The molecule has 1 atom stereocenters. The minimum atomic E-state index is -3.58. The van der Waals surface area contributed by atoms with Crippen molar-refractivity contribution in [3.05, 3.63) is 24.0 Å². The molecule has 0 amide bonds. The van der Waals surface area contributed by atoms with Gasteiger partial charge in [-0.05, 0) is 19.1 Å². The van der Waals surface area contributed by atoms with Crippen LogP contribution in [0.25, 0.3) is 0 Å². The van der Waals surface area contributed by atoms with Crippen LogP contribution in [0.1, 0.15) is 18.5 Å².